The minimum atomic E-state index is 0.0256. The fourth-order valence-electron chi connectivity index (χ4n) is 3.75. The van der Waals surface area contributed by atoms with Crippen LogP contribution in [0.5, 0.6) is 11.5 Å². The maximum Gasteiger partial charge on any atom is 0.193 e. The summed E-state index contributed by atoms with van der Waals surface area (Å²) in [5.74, 6) is 1.69. The number of ketones is 1. The van der Waals surface area contributed by atoms with Crippen LogP contribution in [0.4, 0.5) is 0 Å². The molecular formula is C28H24O3. The summed E-state index contributed by atoms with van der Waals surface area (Å²) in [7, 11) is 3.33. The summed E-state index contributed by atoms with van der Waals surface area (Å²) in [4.78, 5) is 12.8. The molecular weight excluding hydrogens is 384 g/mol. The maximum atomic E-state index is 12.8. The van der Waals surface area contributed by atoms with E-state index in [9.17, 15) is 4.79 Å². The van der Waals surface area contributed by atoms with Crippen LogP contribution in [0.3, 0.4) is 0 Å². The lowest BCUT2D eigenvalue weighted by molar-refractivity contribution is 0.103. The van der Waals surface area contributed by atoms with Crippen LogP contribution in [-0.2, 0) is 0 Å². The van der Waals surface area contributed by atoms with Gasteiger partial charge in [-0.05, 0) is 41.0 Å². The van der Waals surface area contributed by atoms with E-state index in [-0.39, 0.29) is 11.7 Å². The summed E-state index contributed by atoms with van der Waals surface area (Å²) in [5.41, 5.74) is 4.77. The first-order valence-electron chi connectivity index (χ1n) is 10.2. The van der Waals surface area contributed by atoms with Gasteiger partial charge in [0.25, 0.3) is 0 Å². The highest BCUT2D eigenvalue weighted by atomic mass is 16.5. The van der Waals surface area contributed by atoms with E-state index >= 15 is 0 Å². The van der Waals surface area contributed by atoms with E-state index in [1.807, 2.05) is 78.9 Å². The second kappa shape index (κ2) is 9.31. The summed E-state index contributed by atoms with van der Waals surface area (Å²) in [6.07, 6.45) is 0. The zero-order chi connectivity index (χ0) is 21.6. The Balaban J connectivity index is 1.71. The molecule has 0 bridgehead atoms. The highest BCUT2D eigenvalue weighted by Gasteiger charge is 2.18. The van der Waals surface area contributed by atoms with Gasteiger partial charge in [0.1, 0.15) is 11.5 Å². The third-order valence-corrected chi connectivity index (χ3v) is 5.44. The van der Waals surface area contributed by atoms with Gasteiger partial charge in [-0.1, -0.05) is 78.9 Å². The molecule has 4 aromatic rings. The Kier molecular flexibility index (Phi) is 6.13. The van der Waals surface area contributed by atoms with Crippen LogP contribution in [0.15, 0.2) is 103 Å². The fraction of sp³-hybridized carbons (Fsp3) is 0.107. The van der Waals surface area contributed by atoms with Crippen molar-refractivity contribution in [2.24, 2.45) is 0 Å². The summed E-state index contributed by atoms with van der Waals surface area (Å²) in [5, 5.41) is 0. The van der Waals surface area contributed by atoms with Crippen molar-refractivity contribution < 1.29 is 14.3 Å². The van der Waals surface area contributed by atoms with Crippen molar-refractivity contribution in [1.29, 1.82) is 0 Å². The van der Waals surface area contributed by atoms with E-state index in [2.05, 4.69) is 24.3 Å². The largest absolute Gasteiger partial charge is 0.497 e. The molecule has 4 rings (SSSR count). The van der Waals surface area contributed by atoms with Crippen molar-refractivity contribution in [2.75, 3.05) is 14.2 Å². The minimum absolute atomic E-state index is 0.0256. The molecule has 3 heteroatoms. The molecule has 31 heavy (non-hydrogen) atoms. The van der Waals surface area contributed by atoms with Crippen LogP contribution in [0.1, 0.15) is 38.5 Å². The van der Waals surface area contributed by atoms with Crippen molar-refractivity contribution in [2.45, 2.75) is 5.92 Å². The van der Waals surface area contributed by atoms with Gasteiger partial charge in [0.05, 0.1) is 14.2 Å². The van der Waals surface area contributed by atoms with Gasteiger partial charge < -0.3 is 9.47 Å². The maximum absolute atomic E-state index is 12.8. The molecule has 0 amide bonds. The Morgan fingerprint density at radius 1 is 0.548 bits per heavy atom. The van der Waals surface area contributed by atoms with E-state index in [1.54, 1.807) is 14.2 Å². The number of benzene rings is 4. The second-order valence-corrected chi connectivity index (χ2v) is 7.30. The Morgan fingerprint density at radius 3 is 1.35 bits per heavy atom. The van der Waals surface area contributed by atoms with E-state index in [4.69, 9.17) is 9.47 Å². The normalized spacial score (nSPS) is 10.7. The Bertz CT molecular complexity index is 1080. The van der Waals surface area contributed by atoms with Gasteiger partial charge in [-0.2, -0.15) is 0 Å². The number of carbonyl (C=O) groups is 1. The van der Waals surface area contributed by atoms with Crippen molar-refractivity contribution in [3.63, 3.8) is 0 Å². The number of carbonyl (C=O) groups excluding carboxylic acids is 1. The van der Waals surface area contributed by atoms with Crippen LogP contribution < -0.4 is 9.47 Å². The van der Waals surface area contributed by atoms with Crippen molar-refractivity contribution in [1.82, 2.24) is 0 Å². The number of rotatable bonds is 7. The van der Waals surface area contributed by atoms with Gasteiger partial charge in [0.2, 0.25) is 0 Å². The molecule has 0 unspecified atom stereocenters. The molecule has 4 aromatic carbocycles. The molecule has 0 atom stereocenters. The van der Waals surface area contributed by atoms with Crippen LogP contribution in [0.25, 0.3) is 0 Å². The molecule has 0 aliphatic heterocycles. The van der Waals surface area contributed by atoms with Gasteiger partial charge in [-0.15, -0.1) is 0 Å². The monoisotopic (exact) mass is 408 g/mol. The Hall–Kier alpha value is -3.85. The molecule has 3 nitrogen and oxygen atoms in total. The minimum Gasteiger partial charge on any atom is -0.497 e. The number of methoxy groups -OCH3 is 2. The fourth-order valence-corrected chi connectivity index (χ4v) is 3.75. The van der Waals surface area contributed by atoms with E-state index < -0.39 is 0 Å². The molecule has 154 valence electrons. The molecule has 0 aliphatic rings. The van der Waals surface area contributed by atoms with Crippen LogP contribution >= 0.6 is 0 Å². The molecule has 0 saturated heterocycles. The van der Waals surface area contributed by atoms with Gasteiger partial charge in [-0.3, -0.25) is 4.79 Å². The third-order valence-electron chi connectivity index (χ3n) is 5.44. The van der Waals surface area contributed by atoms with Crippen molar-refractivity contribution >= 4 is 5.78 Å². The Labute approximate surface area is 182 Å². The quantitative estimate of drug-likeness (QED) is 0.273. The zero-order valence-electron chi connectivity index (χ0n) is 17.6. The Morgan fingerprint density at radius 2 is 0.935 bits per heavy atom. The van der Waals surface area contributed by atoms with Crippen LogP contribution in [0.2, 0.25) is 0 Å². The number of hydrogen-bond donors (Lipinski definition) is 0. The van der Waals surface area contributed by atoms with Crippen LogP contribution in [0, 0.1) is 0 Å². The summed E-state index contributed by atoms with van der Waals surface area (Å²) in [6, 6.07) is 33.4. The highest BCUT2D eigenvalue weighted by molar-refractivity contribution is 6.08. The second-order valence-electron chi connectivity index (χ2n) is 7.30. The SMILES string of the molecule is COc1ccc(C(c2ccc(OC)cc2)c2ccc(C(=O)c3ccccc3)cc2)cc1. The van der Waals surface area contributed by atoms with E-state index in [0.29, 0.717) is 11.1 Å². The smallest absolute Gasteiger partial charge is 0.193 e. The zero-order valence-corrected chi connectivity index (χ0v) is 17.6. The van der Waals surface area contributed by atoms with Crippen LogP contribution in [-0.4, -0.2) is 20.0 Å². The first-order valence-corrected chi connectivity index (χ1v) is 10.2. The molecule has 0 saturated carbocycles. The standard InChI is InChI=1S/C28H24O3/c1-30-25-16-12-21(13-17-25)27(22-14-18-26(31-2)19-15-22)20-8-10-24(11-9-20)28(29)23-6-4-3-5-7-23/h3-19,27H,1-2H3. The molecule has 0 heterocycles. The first kappa shape index (κ1) is 20.4. The van der Waals surface area contributed by atoms with Crippen molar-refractivity contribution in [3.05, 3.63) is 131 Å². The predicted octanol–water partition coefficient (Wildman–Crippen LogP) is 6.12. The molecule has 0 spiro atoms. The lowest BCUT2D eigenvalue weighted by atomic mass is 9.84. The lowest BCUT2D eigenvalue weighted by Crippen LogP contribution is -2.05. The summed E-state index contributed by atoms with van der Waals surface area (Å²) < 4.78 is 10.6. The number of ether oxygens (including phenoxy) is 2. The summed E-state index contributed by atoms with van der Waals surface area (Å²) in [6.45, 7) is 0. The number of hydrogen-bond acceptors (Lipinski definition) is 3. The van der Waals surface area contributed by atoms with Gasteiger partial charge in [0.15, 0.2) is 5.78 Å². The van der Waals surface area contributed by atoms with E-state index in [0.717, 1.165) is 28.2 Å². The topological polar surface area (TPSA) is 35.5 Å². The molecule has 0 radical (unpaired) electrons. The van der Waals surface area contributed by atoms with E-state index in [1.165, 1.54) is 0 Å². The van der Waals surface area contributed by atoms with Gasteiger partial charge in [0, 0.05) is 17.0 Å². The molecule has 0 aliphatic carbocycles. The van der Waals surface area contributed by atoms with Gasteiger partial charge in [-0.25, -0.2) is 0 Å². The molecule has 0 aromatic heterocycles. The first-order chi connectivity index (χ1) is 15.2. The highest BCUT2D eigenvalue weighted by Crippen LogP contribution is 2.34. The molecule has 0 fully saturated rings. The summed E-state index contributed by atoms with van der Waals surface area (Å²) >= 11 is 0. The van der Waals surface area contributed by atoms with Crippen molar-refractivity contribution in [3.8, 4) is 11.5 Å². The molecule has 0 N–H and O–H groups in total. The van der Waals surface area contributed by atoms with Gasteiger partial charge >= 0.3 is 0 Å². The lowest BCUT2D eigenvalue weighted by Gasteiger charge is -2.20. The predicted molar refractivity (Wildman–Crippen MR) is 123 cm³/mol. The third kappa shape index (κ3) is 4.51. The average molecular weight is 408 g/mol. The average Bonchev–Trinajstić information content (AvgIpc) is 2.85.